The van der Waals surface area contributed by atoms with Crippen molar-refractivity contribution in [2.24, 2.45) is 16.5 Å². The Balaban J connectivity index is 1.60. The van der Waals surface area contributed by atoms with E-state index < -0.39 is 5.66 Å². The molecule has 2 aromatic carbocycles. The number of nitrogens with one attached hydrogen (secondary N) is 1. The summed E-state index contributed by atoms with van der Waals surface area (Å²) in [6.07, 6.45) is 1.75. The van der Waals surface area contributed by atoms with Crippen LogP contribution in [0.1, 0.15) is 22.8 Å². The maximum Gasteiger partial charge on any atom is 0.202 e. The fourth-order valence-electron chi connectivity index (χ4n) is 3.47. The second-order valence-electron chi connectivity index (χ2n) is 7.07. The Morgan fingerprint density at radius 2 is 1.89 bits per heavy atom. The monoisotopic (exact) mass is 363 g/mol. The van der Waals surface area contributed by atoms with Gasteiger partial charge in [-0.2, -0.15) is 0 Å². The third-order valence-electron chi connectivity index (χ3n) is 4.97. The van der Waals surface area contributed by atoms with E-state index >= 15 is 0 Å². The summed E-state index contributed by atoms with van der Waals surface area (Å²) >= 11 is 0. The molecule has 2 unspecified atom stereocenters. The number of aliphatic imine (C=N–C) groups is 1. The lowest BCUT2D eigenvalue weighted by molar-refractivity contribution is -0.00814. The van der Waals surface area contributed by atoms with Gasteiger partial charge in [0, 0.05) is 12.6 Å². The minimum Gasteiger partial charge on any atom is -0.385 e. The van der Waals surface area contributed by atoms with Crippen molar-refractivity contribution in [2.75, 3.05) is 19.7 Å². The zero-order valence-corrected chi connectivity index (χ0v) is 15.4. The number of aryl methyl sites for hydroxylation is 1. The number of hydrogen-bond donors (Lipinski definition) is 3. The van der Waals surface area contributed by atoms with Crippen LogP contribution in [-0.2, 0) is 10.4 Å². The molecule has 2 heterocycles. The molecule has 0 amide bonds. The summed E-state index contributed by atoms with van der Waals surface area (Å²) < 4.78 is 5.96. The quantitative estimate of drug-likeness (QED) is 0.759. The molecular weight excluding hydrogens is 338 g/mol. The van der Waals surface area contributed by atoms with Gasteiger partial charge in [-0.15, -0.1) is 0 Å². The molecule has 6 heteroatoms. The second-order valence-corrected chi connectivity index (χ2v) is 7.07. The summed E-state index contributed by atoms with van der Waals surface area (Å²) in [4.78, 5) is 6.96. The third-order valence-corrected chi connectivity index (χ3v) is 4.97. The first-order valence-electron chi connectivity index (χ1n) is 9.16. The van der Waals surface area contributed by atoms with E-state index in [0.717, 1.165) is 17.7 Å². The standard InChI is InChI=1S/C21H25N5O/c1-15-7-9-17(10-8-15)21(23)13-19(22)24-20(25-21)26-11-12-27-18(14-26)16-5-3-2-4-6-16/h2-10,13,18H,11-12,14,22-23H2,1H3,(H,24,25). The minimum atomic E-state index is -0.987. The zero-order chi connectivity index (χ0) is 18.9. The average Bonchev–Trinajstić information content (AvgIpc) is 2.68. The highest BCUT2D eigenvalue weighted by molar-refractivity contribution is 5.83. The molecule has 0 spiro atoms. The molecule has 0 radical (unpaired) electrons. The summed E-state index contributed by atoms with van der Waals surface area (Å²) in [5.41, 5.74) is 15.0. The highest BCUT2D eigenvalue weighted by atomic mass is 16.5. The first-order chi connectivity index (χ1) is 13.0. The van der Waals surface area contributed by atoms with Crippen LogP contribution in [0, 0.1) is 6.92 Å². The molecular formula is C21H25N5O. The van der Waals surface area contributed by atoms with Crippen molar-refractivity contribution in [3.8, 4) is 0 Å². The summed E-state index contributed by atoms with van der Waals surface area (Å²) in [6.45, 7) is 4.08. The highest BCUT2D eigenvalue weighted by Gasteiger charge is 2.32. The van der Waals surface area contributed by atoms with E-state index in [1.807, 2.05) is 49.4 Å². The molecule has 6 nitrogen and oxygen atoms in total. The Hall–Kier alpha value is -2.83. The largest absolute Gasteiger partial charge is 0.385 e. The Morgan fingerprint density at radius 3 is 2.63 bits per heavy atom. The van der Waals surface area contributed by atoms with Crippen LogP contribution in [0.4, 0.5) is 0 Å². The molecule has 0 aliphatic carbocycles. The molecule has 2 aromatic rings. The number of rotatable bonds is 2. The van der Waals surface area contributed by atoms with Crippen molar-refractivity contribution in [1.29, 1.82) is 0 Å². The SMILES string of the molecule is Cc1ccc(C2(N)C=C(N)NC(N3CCOC(c4ccccc4)C3)=N2)cc1. The Morgan fingerprint density at radius 1 is 1.15 bits per heavy atom. The van der Waals surface area contributed by atoms with Crippen molar-refractivity contribution in [1.82, 2.24) is 10.2 Å². The lowest BCUT2D eigenvalue weighted by Gasteiger charge is -2.38. The van der Waals surface area contributed by atoms with Crippen molar-refractivity contribution in [3.63, 3.8) is 0 Å². The zero-order valence-electron chi connectivity index (χ0n) is 15.4. The molecule has 2 atom stereocenters. The van der Waals surface area contributed by atoms with E-state index in [0.29, 0.717) is 24.9 Å². The van der Waals surface area contributed by atoms with Gasteiger partial charge in [-0.1, -0.05) is 60.2 Å². The fourth-order valence-corrected chi connectivity index (χ4v) is 3.47. The Bertz CT molecular complexity index is 862. The van der Waals surface area contributed by atoms with E-state index in [-0.39, 0.29) is 6.10 Å². The van der Waals surface area contributed by atoms with Gasteiger partial charge in [0.2, 0.25) is 5.96 Å². The van der Waals surface area contributed by atoms with Gasteiger partial charge in [0.05, 0.1) is 13.2 Å². The molecule has 4 rings (SSSR count). The molecule has 0 bridgehead atoms. The molecule has 5 N–H and O–H groups in total. The van der Waals surface area contributed by atoms with Gasteiger partial charge < -0.3 is 20.7 Å². The molecule has 1 saturated heterocycles. The van der Waals surface area contributed by atoms with Crippen LogP contribution < -0.4 is 16.8 Å². The lowest BCUT2D eigenvalue weighted by atomic mass is 9.98. The van der Waals surface area contributed by atoms with E-state index in [2.05, 4.69) is 22.3 Å². The molecule has 2 aliphatic rings. The number of guanidine groups is 1. The molecule has 0 aromatic heterocycles. The first-order valence-corrected chi connectivity index (χ1v) is 9.16. The van der Waals surface area contributed by atoms with E-state index in [1.54, 1.807) is 6.08 Å². The predicted molar refractivity (Wildman–Crippen MR) is 107 cm³/mol. The summed E-state index contributed by atoms with van der Waals surface area (Å²) in [5, 5.41) is 3.17. The third kappa shape index (κ3) is 3.67. The van der Waals surface area contributed by atoms with Crippen LogP contribution in [0.25, 0.3) is 0 Å². The van der Waals surface area contributed by atoms with Crippen molar-refractivity contribution < 1.29 is 4.74 Å². The minimum absolute atomic E-state index is 0.0110. The van der Waals surface area contributed by atoms with Crippen LogP contribution in [0.2, 0.25) is 0 Å². The number of nitrogens with two attached hydrogens (primary N) is 2. The van der Waals surface area contributed by atoms with Crippen molar-refractivity contribution in [3.05, 3.63) is 83.2 Å². The normalized spacial score (nSPS) is 25.4. The summed E-state index contributed by atoms with van der Waals surface area (Å²) in [6, 6.07) is 18.3. The van der Waals surface area contributed by atoms with Gasteiger partial charge in [0.25, 0.3) is 0 Å². The van der Waals surface area contributed by atoms with E-state index in [1.165, 1.54) is 5.56 Å². The molecule has 1 fully saturated rings. The van der Waals surface area contributed by atoms with Gasteiger partial charge in [0.15, 0.2) is 5.66 Å². The summed E-state index contributed by atoms with van der Waals surface area (Å²) in [7, 11) is 0. The van der Waals surface area contributed by atoms with Gasteiger partial charge >= 0.3 is 0 Å². The van der Waals surface area contributed by atoms with Crippen LogP contribution in [0.5, 0.6) is 0 Å². The highest BCUT2D eigenvalue weighted by Crippen LogP contribution is 2.27. The van der Waals surface area contributed by atoms with Crippen LogP contribution in [0.15, 0.2) is 71.5 Å². The van der Waals surface area contributed by atoms with Crippen molar-refractivity contribution >= 4 is 5.96 Å². The first kappa shape index (κ1) is 17.6. The summed E-state index contributed by atoms with van der Waals surface area (Å²) in [5.74, 6) is 1.19. The lowest BCUT2D eigenvalue weighted by Crippen LogP contribution is -2.53. The van der Waals surface area contributed by atoms with Gasteiger partial charge in [-0.25, -0.2) is 4.99 Å². The predicted octanol–water partition coefficient (Wildman–Crippen LogP) is 1.94. The van der Waals surface area contributed by atoms with E-state index in [4.69, 9.17) is 21.2 Å². The van der Waals surface area contributed by atoms with Gasteiger partial charge in [0.1, 0.15) is 11.9 Å². The van der Waals surface area contributed by atoms with Gasteiger partial charge in [-0.3, -0.25) is 5.73 Å². The number of hydrogen-bond acceptors (Lipinski definition) is 6. The smallest absolute Gasteiger partial charge is 0.202 e. The Labute approximate surface area is 159 Å². The van der Waals surface area contributed by atoms with E-state index in [9.17, 15) is 0 Å². The van der Waals surface area contributed by atoms with Crippen molar-refractivity contribution in [2.45, 2.75) is 18.7 Å². The number of nitrogens with zero attached hydrogens (tertiary/aromatic N) is 2. The molecule has 0 saturated carbocycles. The maximum atomic E-state index is 6.62. The van der Waals surface area contributed by atoms with Crippen LogP contribution >= 0.6 is 0 Å². The molecule has 2 aliphatic heterocycles. The van der Waals surface area contributed by atoms with Gasteiger partial charge in [-0.05, 0) is 18.1 Å². The average molecular weight is 363 g/mol. The number of benzene rings is 2. The molecule has 140 valence electrons. The maximum absolute atomic E-state index is 6.62. The number of ether oxygens (including phenoxy) is 1. The number of morpholine rings is 1. The van der Waals surface area contributed by atoms with Crippen LogP contribution in [-0.4, -0.2) is 30.6 Å². The fraction of sp³-hybridized carbons (Fsp3) is 0.286. The second kappa shape index (κ2) is 7.06. The van der Waals surface area contributed by atoms with Crippen LogP contribution in [0.3, 0.4) is 0 Å². The molecule has 27 heavy (non-hydrogen) atoms. The Kier molecular flexibility index (Phi) is 4.59. The topological polar surface area (TPSA) is 88.9 Å².